The summed E-state index contributed by atoms with van der Waals surface area (Å²) in [6, 6.07) is 5.03. The summed E-state index contributed by atoms with van der Waals surface area (Å²) in [5.74, 6) is -0.987. The SMILES string of the molecule is C=CCOC(=O)NC(CC(=O)O)c1ccc(C)cc1C. The molecule has 0 saturated carbocycles. The zero-order valence-electron chi connectivity index (χ0n) is 11.7. The summed E-state index contributed by atoms with van der Waals surface area (Å²) >= 11 is 0. The second-order valence-electron chi connectivity index (χ2n) is 4.54. The second-order valence-corrected chi connectivity index (χ2v) is 4.54. The molecule has 108 valence electrons. The quantitative estimate of drug-likeness (QED) is 0.784. The Morgan fingerprint density at radius 1 is 1.45 bits per heavy atom. The number of carboxylic acids is 1. The standard InChI is InChI=1S/C15H19NO4/c1-4-7-20-15(19)16-13(9-14(17)18)12-6-5-10(2)8-11(12)3/h4-6,8,13H,1,7,9H2,2-3H3,(H,16,19)(H,17,18). The van der Waals surface area contributed by atoms with E-state index in [1.165, 1.54) is 6.08 Å². The summed E-state index contributed by atoms with van der Waals surface area (Å²) < 4.78 is 4.83. The van der Waals surface area contributed by atoms with E-state index in [0.717, 1.165) is 16.7 Å². The van der Waals surface area contributed by atoms with E-state index in [4.69, 9.17) is 9.84 Å². The summed E-state index contributed by atoms with van der Waals surface area (Å²) in [4.78, 5) is 22.5. The van der Waals surface area contributed by atoms with Crippen LogP contribution in [0.5, 0.6) is 0 Å². The van der Waals surface area contributed by atoms with Gasteiger partial charge in [-0.15, -0.1) is 0 Å². The van der Waals surface area contributed by atoms with E-state index in [-0.39, 0.29) is 13.0 Å². The Balaban J connectivity index is 2.90. The molecule has 0 bridgehead atoms. The number of aliphatic carboxylic acids is 1. The molecule has 1 amide bonds. The van der Waals surface area contributed by atoms with E-state index in [2.05, 4.69) is 11.9 Å². The lowest BCUT2D eigenvalue weighted by Gasteiger charge is -2.19. The van der Waals surface area contributed by atoms with Gasteiger partial charge in [-0.25, -0.2) is 4.79 Å². The van der Waals surface area contributed by atoms with Crippen LogP contribution in [0.2, 0.25) is 0 Å². The van der Waals surface area contributed by atoms with E-state index in [1.807, 2.05) is 32.0 Å². The van der Waals surface area contributed by atoms with Gasteiger partial charge in [0.25, 0.3) is 0 Å². The van der Waals surface area contributed by atoms with Crippen LogP contribution in [0.25, 0.3) is 0 Å². The van der Waals surface area contributed by atoms with E-state index in [0.29, 0.717) is 0 Å². The number of aryl methyl sites for hydroxylation is 2. The Hall–Kier alpha value is -2.30. The molecule has 1 aromatic carbocycles. The Kier molecular flexibility index (Phi) is 5.77. The molecule has 0 saturated heterocycles. The Morgan fingerprint density at radius 3 is 2.70 bits per heavy atom. The van der Waals surface area contributed by atoms with Crippen molar-refractivity contribution in [1.82, 2.24) is 5.32 Å². The number of carboxylic acid groups (broad SMARTS) is 1. The number of hydrogen-bond donors (Lipinski definition) is 2. The smallest absolute Gasteiger partial charge is 0.407 e. The molecule has 1 unspecified atom stereocenters. The zero-order chi connectivity index (χ0) is 15.1. The van der Waals surface area contributed by atoms with Crippen LogP contribution < -0.4 is 5.32 Å². The molecule has 0 aliphatic carbocycles. The van der Waals surface area contributed by atoms with Crippen molar-refractivity contribution in [1.29, 1.82) is 0 Å². The zero-order valence-corrected chi connectivity index (χ0v) is 11.7. The van der Waals surface area contributed by atoms with Crippen LogP contribution in [0.15, 0.2) is 30.9 Å². The Labute approximate surface area is 118 Å². The maximum absolute atomic E-state index is 11.6. The molecule has 0 fully saturated rings. The van der Waals surface area contributed by atoms with Gasteiger partial charge in [-0.05, 0) is 25.0 Å². The molecule has 0 aromatic heterocycles. The Morgan fingerprint density at radius 2 is 2.15 bits per heavy atom. The van der Waals surface area contributed by atoms with Crippen LogP contribution >= 0.6 is 0 Å². The molecule has 0 heterocycles. The van der Waals surface area contributed by atoms with Gasteiger partial charge in [-0.2, -0.15) is 0 Å². The summed E-state index contributed by atoms with van der Waals surface area (Å²) in [5.41, 5.74) is 2.78. The number of rotatable bonds is 6. The van der Waals surface area contributed by atoms with E-state index >= 15 is 0 Å². The number of alkyl carbamates (subject to hydrolysis) is 1. The molecule has 0 spiro atoms. The minimum Gasteiger partial charge on any atom is -0.481 e. The third-order valence-corrected chi connectivity index (χ3v) is 2.80. The summed E-state index contributed by atoms with van der Waals surface area (Å²) in [5, 5.41) is 11.5. The fourth-order valence-corrected chi connectivity index (χ4v) is 1.95. The topological polar surface area (TPSA) is 75.6 Å². The van der Waals surface area contributed by atoms with Crippen molar-refractivity contribution in [2.75, 3.05) is 6.61 Å². The molecule has 0 aliphatic rings. The first-order valence-electron chi connectivity index (χ1n) is 6.27. The van der Waals surface area contributed by atoms with Crippen LogP contribution in [0.3, 0.4) is 0 Å². The highest BCUT2D eigenvalue weighted by Crippen LogP contribution is 2.22. The van der Waals surface area contributed by atoms with Gasteiger partial charge in [0.1, 0.15) is 6.61 Å². The summed E-state index contributed by atoms with van der Waals surface area (Å²) in [7, 11) is 0. The van der Waals surface area contributed by atoms with Gasteiger partial charge >= 0.3 is 12.1 Å². The molecule has 0 aliphatic heterocycles. The number of benzene rings is 1. The second kappa shape index (κ2) is 7.33. The highest BCUT2D eigenvalue weighted by molar-refractivity contribution is 5.72. The van der Waals surface area contributed by atoms with Gasteiger partial charge in [0.05, 0.1) is 12.5 Å². The number of ether oxygens (including phenoxy) is 1. The fourth-order valence-electron chi connectivity index (χ4n) is 1.95. The Bertz CT molecular complexity index is 511. The van der Waals surface area contributed by atoms with Crippen molar-refractivity contribution >= 4 is 12.1 Å². The lowest BCUT2D eigenvalue weighted by Crippen LogP contribution is -2.31. The minimum atomic E-state index is -0.987. The van der Waals surface area contributed by atoms with Gasteiger partial charge < -0.3 is 15.2 Å². The number of nitrogens with one attached hydrogen (secondary N) is 1. The molecule has 2 N–H and O–H groups in total. The normalized spacial score (nSPS) is 11.5. The van der Waals surface area contributed by atoms with Crippen molar-refractivity contribution in [2.24, 2.45) is 0 Å². The van der Waals surface area contributed by atoms with E-state index in [9.17, 15) is 9.59 Å². The largest absolute Gasteiger partial charge is 0.481 e. The average molecular weight is 277 g/mol. The molecule has 5 heteroatoms. The van der Waals surface area contributed by atoms with Crippen molar-refractivity contribution in [3.63, 3.8) is 0 Å². The van der Waals surface area contributed by atoms with E-state index in [1.54, 1.807) is 0 Å². The van der Waals surface area contributed by atoms with Gasteiger partial charge in [-0.3, -0.25) is 4.79 Å². The molecular formula is C15H19NO4. The molecule has 0 radical (unpaired) electrons. The molecule has 1 rings (SSSR count). The van der Waals surface area contributed by atoms with Crippen LogP contribution in [0.1, 0.15) is 29.2 Å². The maximum Gasteiger partial charge on any atom is 0.407 e. The van der Waals surface area contributed by atoms with Gasteiger partial charge in [0, 0.05) is 0 Å². The highest BCUT2D eigenvalue weighted by atomic mass is 16.5. The third kappa shape index (κ3) is 4.76. The third-order valence-electron chi connectivity index (χ3n) is 2.80. The molecule has 1 atom stereocenters. The number of hydrogen-bond acceptors (Lipinski definition) is 3. The number of carbonyl (C=O) groups is 2. The van der Waals surface area contributed by atoms with Crippen LogP contribution in [0, 0.1) is 13.8 Å². The number of carbonyl (C=O) groups excluding carboxylic acids is 1. The number of amides is 1. The first-order valence-corrected chi connectivity index (χ1v) is 6.27. The molecule has 5 nitrogen and oxygen atoms in total. The predicted molar refractivity (Wildman–Crippen MR) is 75.6 cm³/mol. The van der Waals surface area contributed by atoms with Gasteiger partial charge in [0.2, 0.25) is 0 Å². The van der Waals surface area contributed by atoms with Crippen molar-refractivity contribution in [3.8, 4) is 0 Å². The van der Waals surface area contributed by atoms with Crippen LogP contribution in [0.4, 0.5) is 4.79 Å². The minimum absolute atomic E-state index is 0.0818. The molecule has 20 heavy (non-hydrogen) atoms. The van der Waals surface area contributed by atoms with Gasteiger partial charge in [-0.1, -0.05) is 36.4 Å². The molecular weight excluding hydrogens is 258 g/mol. The van der Waals surface area contributed by atoms with Gasteiger partial charge in [0.15, 0.2) is 0 Å². The lowest BCUT2D eigenvalue weighted by atomic mass is 9.97. The highest BCUT2D eigenvalue weighted by Gasteiger charge is 2.20. The monoisotopic (exact) mass is 277 g/mol. The van der Waals surface area contributed by atoms with Crippen LogP contribution in [-0.4, -0.2) is 23.8 Å². The van der Waals surface area contributed by atoms with Crippen molar-refractivity contribution in [3.05, 3.63) is 47.5 Å². The predicted octanol–water partition coefficient (Wildman–Crippen LogP) is 2.73. The first-order chi connectivity index (χ1) is 9.43. The van der Waals surface area contributed by atoms with Crippen molar-refractivity contribution in [2.45, 2.75) is 26.3 Å². The van der Waals surface area contributed by atoms with Crippen LogP contribution in [-0.2, 0) is 9.53 Å². The first kappa shape index (κ1) is 15.8. The summed E-state index contributed by atoms with van der Waals surface area (Å²) in [6.07, 6.45) is 0.590. The molecule has 1 aromatic rings. The van der Waals surface area contributed by atoms with Crippen molar-refractivity contribution < 1.29 is 19.4 Å². The lowest BCUT2D eigenvalue weighted by molar-refractivity contribution is -0.137. The maximum atomic E-state index is 11.6. The summed E-state index contributed by atoms with van der Waals surface area (Å²) in [6.45, 7) is 7.36. The average Bonchev–Trinajstić information content (AvgIpc) is 2.35. The van der Waals surface area contributed by atoms with E-state index < -0.39 is 18.1 Å². The fraction of sp³-hybridized carbons (Fsp3) is 0.333.